The molecular weight excluding hydrogens is 371 g/mol. The maximum absolute atomic E-state index is 6.57. The van der Waals surface area contributed by atoms with Crippen LogP contribution in [0, 0.1) is 0 Å². The zero-order chi connectivity index (χ0) is 12.7. The molecule has 0 nitrogen and oxygen atoms in total. The molecule has 0 radical (unpaired) electrons. The molecule has 0 aliphatic heterocycles. The van der Waals surface area contributed by atoms with Crippen molar-refractivity contribution >= 4 is 71.9 Å². The summed E-state index contributed by atoms with van der Waals surface area (Å²) >= 11 is 19.4. The van der Waals surface area contributed by atoms with Crippen LogP contribution in [0.4, 0.5) is 0 Å². The standard InChI is InChI=1S/C13H7BrCl2S2/c14-13-9(15)5-11(18-13)12(16)8-6-17-10-4-2-1-3-7(8)10/h1-6,12H. The van der Waals surface area contributed by atoms with Gasteiger partial charge >= 0.3 is 0 Å². The zero-order valence-electron chi connectivity index (χ0n) is 8.99. The summed E-state index contributed by atoms with van der Waals surface area (Å²) < 4.78 is 2.20. The van der Waals surface area contributed by atoms with E-state index in [4.69, 9.17) is 23.2 Å². The van der Waals surface area contributed by atoms with Crippen LogP contribution in [0.2, 0.25) is 5.02 Å². The van der Waals surface area contributed by atoms with Crippen LogP contribution in [-0.4, -0.2) is 0 Å². The number of hydrogen-bond acceptors (Lipinski definition) is 2. The molecule has 2 aromatic heterocycles. The molecule has 1 atom stereocenters. The highest BCUT2D eigenvalue weighted by molar-refractivity contribution is 9.11. The molecule has 0 fully saturated rings. The van der Waals surface area contributed by atoms with Gasteiger partial charge in [-0.2, -0.15) is 0 Å². The van der Waals surface area contributed by atoms with Crippen LogP contribution in [0.5, 0.6) is 0 Å². The molecule has 1 unspecified atom stereocenters. The molecule has 3 rings (SSSR count). The number of halogens is 3. The van der Waals surface area contributed by atoms with Gasteiger partial charge in [0.2, 0.25) is 0 Å². The van der Waals surface area contributed by atoms with Gasteiger partial charge in [-0.1, -0.05) is 29.8 Å². The van der Waals surface area contributed by atoms with Gasteiger partial charge in [0.05, 0.1) is 14.2 Å². The summed E-state index contributed by atoms with van der Waals surface area (Å²) in [7, 11) is 0. The third kappa shape index (κ3) is 2.23. The van der Waals surface area contributed by atoms with Crippen molar-refractivity contribution < 1.29 is 0 Å². The molecule has 0 saturated carbocycles. The van der Waals surface area contributed by atoms with Crippen molar-refractivity contribution in [2.75, 3.05) is 0 Å². The monoisotopic (exact) mass is 376 g/mol. The Bertz CT molecular complexity index is 682. The van der Waals surface area contributed by atoms with E-state index in [9.17, 15) is 0 Å². The molecule has 92 valence electrons. The Morgan fingerprint density at radius 3 is 2.72 bits per heavy atom. The summed E-state index contributed by atoms with van der Waals surface area (Å²) in [5, 5.41) is 3.93. The van der Waals surface area contributed by atoms with E-state index in [1.165, 1.54) is 10.1 Å². The minimum atomic E-state index is -0.144. The Labute approximate surface area is 131 Å². The van der Waals surface area contributed by atoms with Gasteiger partial charge in [-0.15, -0.1) is 34.3 Å². The number of fused-ring (bicyclic) bond motifs is 1. The van der Waals surface area contributed by atoms with E-state index in [0.717, 1.165) is 19.2 Å². The van der Waals surface area contributed by atoms with E-state index in [2.05, 4.69) is 33.4 Å². The van der Waals surface area contributed by atoms with Crippen LogP contribution >= 0.6 is 61.8 Å². The summed E-state index contributed by atoms with van der Waals surface area (Å²) in [6.07, 6.45) is 0. The number of hydrogen-bond donors (Lipinski definition) is 0. The fraction of sp³-hybridized carbons (Fsp3) is 0.0769. The summed E-state index contributed by atoms with van der Waals surface area (Å²) in [6, 6.07) is 10.2. The Balaban J connectivity index is 2.09. The highest BCUT2D eigenvalue weighted by atomic mass is 79.9. The first-order valence-corrected chi connectivity index (χ1v) is 8.52. The van der Waals surface area contributed by atoms with Crippen LogP contribution < -0.4 is 0 Å². The van der Waals surface area contributed by atoms with Crippen molar-refractivity contribution in [2.45, 2.75) is 5.38 Å². The second kappa shape index (κ2) is 5.14. The largest absolute Gasteiger partial charge is 0.143 e. The summed E-state index contributed by atoms with van der Waals surface area (Å²) in [5.41, 5.74) is 1.16. The van der Waals surface area contributed by atoms with E-state index >= 15 is 0 Å². The van der Waals surface area contributed by atoms with E-state index in [1.54, 1.807) is 22.7 Å². The Morgan fingerprint density at radius 1 is 1.22 bits per heavy atom. The van der Waals surface area contributed by atoms with Crippen LogP contribution in [0.3, 0.4) is 0 Å². The Hall–Kier alpha value is -0.0600. The van der Waals surface area contributed by atoms with Crippen LogP contribution in [-0.2, 0) is 0 Å². The van der Waals surface area contributed by atoms with Crippen molar-refractivity contribution in [3.8, 4) is 0 Å². The molecule has 18 heavy (non-hydrogen) atoms. The summed E-state index contributed by atoms with van der Waals surface area (Å²) in [6.45, 7) is 0. The zero-order valence-corrected chi connectivity index (χ0v) is 13.7. The highest BCUT2D eigenvalue weighted by Gasteiger charge is 2.18. The SMILES string of the molecule is Clc1cc(C(Cl)c2csc3ccccc23)sc1Br. The van der Waals surface area contributed by atoms with E-state index < -0.39 is 0 Å². The molecule has 0 amide bonds. The number of alkyl halides is 1. The van der Waals surface area contributed by atoms with E-state index in [0.29, 0.717) is 0 Å². The smallest absolute Gasteiger partial charge is 0.0942 e. The van der Waals surface area contributed by atoms with Crippen LogP contribution in [0.1, 0.15) is 15.8 Å². The molecule has 0 N–H and O–H groups in total. The minimum Gasteiger partial charge on any atom is -0.143 e. The molecule has 0 saturated heterocycles. The quantitative estimate of drug-likeness (QED) is 0.435. The molecule has 5 heteroatoms. The Kier molecular flexibility index (Phi) is 3.70. The fourth-order valence-electron chi connectivity index (χ4n) is 1.84. The van der Waals surface area contributed by atoms with Crippen LogP contribution in [0.15, 0.2) is 39.5 Å². The van der Waals surface area contributed by atoms with Gasteiger partial charge < -0.3 is 0 Å². The average Bonchev–Trinajstić information content (AvgIpc) is 2.93. The molecule has 3 aromatic rings. The lowest BCUT2D eigenvalue weighted by Gasteiger charge is -2.05. The molecule has 0 aliphatic rings. The van der Waals surface area contributed by atoms with Gasteiger partial charge in [-0.05, 0) is 44.4 Å². The van der Waals surface area contributed by atoms with Crippen molar-refractivity contribution in [3.63, 3.8) is 0 Å². The number of rotatable bonds is 2. The molecule has 0 aliphatic carbocycles. The van der Waals surface area contributed by atoms with Gasteiger partial charge in [0.15, 0.2) is 0 Å². The highest BCUT2D eigenvalue weighted by Crippen LogP contribution is 2.43. The van der Waals surface area contributed by atoms with Crippen molar-refractivity contribution in [1.82, 2.24) is 0 Å². The third-order valence-electron chi connectivity index (χ3n) is 2.70. The maximum Gasteiger partial charge on any atom is 0.0942 e. The summed E-state index contributed by atoms with van der Waals surface area (Å²) in [5.74, 6) is 0. The second-order valence-electron chi connectivity index (χ2n) is 3.82. The first-order valence-electron chi connectivity index (χ1n) is 5.21. The van der Waals surface area contributed by atoms with Crippen molar-refractivity contribution in [2.24, 2.45) is 0 Å². The molecule has 2 heterocycles. The lowest BCUT2D eigenvalue weighted by molar-refractivity contribution is 1.22. The molecule has 0 bridgehead atoms. The normalized spacial score (nSPS) is 13.1. The second-order valence-corrected chi connectivity index (χ2v) is 7.98. The average molecular weight is 378 g/mol. The van der Waals surface area contributed by atoms with E-state index in [-0.39, 0.29) is 5.38 Å². The minimum absolute atomic E-state index is 0.144. The lowest BCUT2D eigenvalue weighted by Crippen LogP contribution is -1.87. The molecule has 1 aromatic carbocycles. The van der Waals surface area contributed by atoms with E-state index in [1.807, 2.05) is 18.2 Å². The maximum atomic E-state index is 6.57. The topological polar surface area (TPSA) is 0 Å². The number of thiophene rings is 2. The Morgan fingerprint density at radius 2 is 2.00 bits per heavy atom. The number of benzene rings is 1. The van der Waals surface area contributed by atoms with Gasteiger partial charge in [0.1, 0.15) is 0 Å². The predicted octanol–water partition coefficient (Wildman–Crippen LogP) is 6.71. The van der Waals surface area contributed by atoms with Gasteiger partial charge in [0.25, 0.3) is 0 Å². The molecule has 0 spiro atoms. The van der Waals surface area contributed by atoms with Gasteiger partial charge in [-0.3, -0.25) is 0 Å². The van der Waals surface area contributed by atoms with Crippen LogP contribution in [0.25, 0.3) is 10.1 Å². The fourth-order valence-corrected chi connectivity index (χ4v) is 5.02. The van der Waals surface area contributed by atoms with Crippen molar-refractivity contribution in [3.05, 3.63) is 55.0 Å². The van der Waals surface area contributed by atoms with Gasteiger partial charge in [0, 0.05) is 9.58 Å². The lowest BCUT2D eigenvalue weighted by atomic mass is 10.1. The van der Waals surface area contributed by atoms with Gasteiger partial charge in [-0.25, -0.2) is 0 Å². The first-order chi connectivity index (χ1) is 8.66. The molecular formula is C13H7BrCl2S2. The third-order valence-corrected chi connectivity index (χ3v) is 6.82. The van der Waals surface area contributed by atoms with Crippen molar-refractivity contribution in [1.29, 1.82) is 0 Å². The predicted molar refractivity (Wildman–Crippen MR) is 86.6 cm³/mol. The summed E-state index contributed by atoms with van der Waals surface area (Å²) in [4.78, 5) is 1.07. The first kappa shape index (κ1) is 12.9.